The molecule has 0 spiro atoms. The number of aromatic nitrogens is 1. The van der Waals surface area contributed by atoms with Crippen LogP contribution in [0.2, 0.25) is 0 Å². The second-order valence-corrected chi connectivity index (χ2v) is 4.77. The van der Waals surface area contributed by atoms with Crippen molar-refractivity contribution in [3.8, 4) is 0 Å². The fraction of sp³-hybridized carbons (Fsp3) is 0.308. The first-order valence-electron chi connectivity index (χ1n) is 5.71. The minimum absolute atomic E-state index is 0.404. The van der Waals surface area contributed by atoms with Crippen molar-refractivity contribution in [3.63, 3.8) is 0 Å². The van der Waals surface area contributed by atoms with Crippen LogP contribution in [0.5, 0.6) is 0 Å². The average molecular weight is 230 g/mol. The molecule has 0 unspecified atom stereocenters. The third-order valence-corrected chi connectivity index (χ3v) is 3.64. The van der Waals surface area contributed by atoms with Crippen LogP contribution in [0.4, 0.5) is 0 Å². The van der Waals surface area contributed by atoms with Crippen molar-refractivity contribution in [2.45, 2.75) is 24.8 Å². The van der Waals surface area contributed by atoms with Gasteiger partial charge in [-0.05, 0) is 24.5 Å². The van der Waals surface area contributed by atoms with Crippen molar-refractivity contribution < 1.29 is 9.90 Å². The molecule has 17 heavy (non-hydrogen) atoms. The van der Waals surface area contributed by atoms with Crippen molar-refractivity contribution >= 4 is 16.9 Å². The Hall–Kier alpha value is -1.81. The molecule has 88 valence electrons. The summed E-state index contributed by atoms with van der Waals surface area (Å²) in [7, 11) is 0. The topological polar surface area (TPSA) is 79.1 Å². The van der Waals surface area contributed by atoms with Gasteiger partial charge in [-0.25, -0.2) is 0 Å². The van der Waals surface area contributed by atoms with Crippen molar-refractivity contribution in [2.24, 2.45) is 5.73 Å². The Bertz CT molecular complexity index is 602. The van der Waals surface area contributed by atoms with E-state index in [4.69, 9.17) is 5.73 Å². The maximum Gasteiger partial charge on any atom is 0.324 e. The summed E-state index contributed by atoms with van der Waals surface area (Å²) in [6.45, 7) is 0. The van der Waals surface area contributed by atoms with Crippen molar-refractivity contribution in [1.82, 2.24) is 4.98 Å². The number of fused-ring (bicyclic) bond motifs is 3. The van der Waals surface area contributed by atoms with Gasteiger partial charge in [0.1, 0.15) is 5.54 Å². The molecule has 4 heteroatoms. The van der Waals surface area contributed by atoms with Crippen LogP contribution < -0.4 is 5.73 Å². The van der Waals surface area contributed by atoms with Gasteiger partial charge >= 0.3 is 5.97 Å². The molecule has 0 saturated carbocycles. The summed E-state index contributed by atoms with van der Waals surface area (Å²) in [5, 5.41) is 10.3. The Morgan fingerprint density at radius 3 is 2.94 bits per heavy atom. The summed E-state index contributed by atoms with van der Waals surface area (Å²) < 4.78 is 0. The van der Waals surface area contributed by atoms with Gasteiger partial charge in [-0.3, -0.25) is 4.79 Å². The third kappa shape index (κ3) is 1.45. The van der Waals surface area contributed by atoms with Crippen LogP contribution in [0.25, 0.3) is 10.9 Å². The first-order valence-corrected chi connectivity index (χ1v) is 5.71. The molecule has 3 rings (SSSR count). The maximum atomic E-state index is 11.2. The predicted octanol–water partition coefficient (Wildman–Crippen LogP) is 1.44. The van der Waals surface area contributed by atoms with Crippen LogP contribution in [0.3, 0.4) is 0 Å². The molecular formula is C13H14N2O2. The lowest BCUT2D eigenvalue weighted by Gasteiger charge is -2.29. The molecule has 1 heterocycles. The van der Waals surface area contributed by atoms with Crippen molar-refractivity contribution in [1.29, 1.82) is 0 Å². The lowest BCUT2D eigenvalue weighted by molar-refractivity contribution is -0.143. The van der Waals surface area contributed by atoms with Crippen LogP contribution in [0.1, 0.15) is 17.7 Å². The normalized spacial score (nSPS) is 23.6. The molecule has 4 N–H and O–H groups in total. The highest BCUT2D eigenvalue weighted by atomic mass is 16.4. The van der Waals surface area contributed by atoms with E-state index in [-0.39, 0.29) is 0 Å². The Morgan fingerprint density at radius 2 is 2.18 bits per heavy atom. The van der Waals surface area contributed by atoms with E-state index in [2.05, 4.69) is 4.98 Å². The maximum absolute atomic E-state index is 11.2. The summed E-state index contributed by atoms with van der Waals surface area (Å²) in [5.74, 6) is -0.909. The van der Waals surface area contributed by atoms with E-state index < -0.39 is 11.5 Å². The van der Waals surface area contributed by atoms with E-state index in [1.807, 2.05) is 24.3 Å². The minimum atomic E-state index is -1.11. The lowest BCUT2D eigenvalue weighted by atomic mass is 9.80. The van der Waals surface area contributed by atoms with Crippen LogP contribution in [0, 0.1) is 0 Å². The second kappa shape index (κ2) is 3.34. The van der Waals surface area contributed by atoms with E-state index in [0.29, 0.717) is 19.3 Å². The number of aromatic amines is 1. The Balaban J connectivity index is 2.15. The molecule has 1 aromatic carbocycles. The van der Waals surface area contributed by atoms with Crippen LogP contribution in [-0.2, 0) is 17.6 Å². The molecule has 1 aliphatic rings. The van der Waals surface area contributed by atoms with Crippen LogP contribution in [-0.4, -0.2) is 21.6 Å². The van der Waals surface area contributed by atoms with E-state index in [1.165, 1.54) is 0 Å². The SMILES string of the molecule is N[C@@]1(C(=O)O)CCc2[nH]c3ccccc3c2C1. The summed E-state index contributed by atoms with van der Waals surface area (Å²) in [4.78, 5) is 14.6. The number of nitrogens with two attached hydrogens (primary N) is 1. The van der Waals surface area contributed by atoms with E-state index in [9.17, 15) is 9.90 Å². The molecule has 0 saturated heterocycles. The first kappa shape index (κ1) is 10.4. The number of carboxylic acid groups (broad SMARTS) is 1. The number of para-hydroxylation sites is 1. The fourth-order valence-electron chi connectivity index (χ4n) is 2.61. The van der Waals surface area contributed by atoms with E-state index in [1.54, 1.807) is 0 Å². The number of hydrogen-bond donors (Lipinski definition) is 3. The molecule has 0 amide bonds. The molecule has 0 radical (unpaired) electrons. The Labute approximate surface area is 98.4 Å². The number of carboxylic acids is 1. The predicted molar refractivity (Wildman–Crippen MR) is 64.9 cm³/mol. The summed E-state index contributed by atoms with van der Waals surface area (Å²) in [5.41, 5.74) is 8.10. The smallest absolute Gasteiger partial charge is 0.324 e. The molecule has 0 aliphatic heterocycles. The number of rotatable bonds is 1. The van der Waals surface area contributed by atoms with Gasteiger partial charge in [0.25, 0.3) is 0 Å². The molecule has 2 aromatic rings. The van der Waals surface area contributed by atoms with Crippen LogP contribution in [0.15, 0.2) is 24.3 Å². The molecule has 1 aromatic heterocycles. The fourth-order valence-corrected chi connectivity index (χ4v) is 2.61. The largest absolute Gasteiger partial charge is 0.480 e. The highest BCUT2D eigenvalue weighted by molar-refractivity contribution is 5.87. The third-order valence-electron chi connectivity index (χ3n) is 3.64. The number of benzene rings is 1. The van der Waals surface area contributed by atoms with Crippen LogP contribution >= 0.6 is 0 Å². The van der Waals surface area contributed by atoms with E-state index >= 15 is 0 Å². The average Bonchev–Trinajstić information content (AvgIpc) is 2.67. The number of aliphatic carboxylic acids is 1. The zero-order valence-electron chi connectivity index (χ0n) is 9.36. The van der Waals surface area contributed by atoms with Gasteiger partial charge in [0.2, 0.25) is 0 Å². The number of nitrogens with one attached hydrogen (secondary N) is 1. The molecule has 1 aliphatic carbocycles. The minimum Gasteiger partial charge on any atom is -0.480 e. The van der Waals surface area contributed by atoms with Gasteiger partial charge in [-0.2, -0.15) is 0 Å². The summed E-state index contributed by atoms with van der Waals surface area (Å²) in [6, 6.07) is 7.95. The van der Waals surface area contributed by atoms with Gasteiger partial charge in [0, 0.05) is 23.0 Å². The Morgan fingerprint density at radius 1 is 1.41 bits per heavy atom. The van der Waals surface area contributed by atoms with Gasteiger partial charge in [-0.15, -0.1) is 0 Å². The van der Waals surface area contributed by atoms with Gasteiger partial charge in [0.15, 0.2) is 0 Å². The van der Waals surface area contributed by atoms with E-state index in [0.717, 1.165) is 22.2 Å². The van der Waals surface area contributed by atoms with Gasteiger partial charge in [-0.1, -0.05) is 18.2 Å². The van der Waals surface area contributed by atoms with Crippen molar-refractivity contribution in [3.05, 3.63) is 35.5 Å². The standard InChI is InChI=1S/C13H14N2O2/c14-13(12(16)17)6-5-11-9(7-13)8-3-1-2-4-10(8)15-11/h1-4,15H,5-7,14H2,(H,16,17)/t13-/m0/s1. The zero-order chi connectivity index (χ0) is 12.0. The highest BCUT2D eigenvalue weighted by Crippen LogP contribution is 2.32. The molecular weight excluding hydrogens is 216 g/mol. The first-order chi connectivity index (χ1) is 8.10. The summed E-state index contributed by atoms with van der Waals surface area (Å²) in [6.07, 6.45) is 1.59. The molecule has 0 bridgehead atoms. The zero-order valence-corrected chi connectivity index (χ0v) is 9.36. The Kier molecular flexibility index (Phi) is 2.03. The number of hydrogen-bond acceptors (Lipinski definition) is 2. The number of aryl methyl sites for hydroxylation is 1. The van der Waals surface area contributed by atoms with Crippen molar-refractivity contribution in [2.75, 3.05) is 0 Å². The number of H-pyrrole nitrogens is 1. The summed E-state index contributed by atoms with van der Waals surface area (Å²) >= 11 is 0. The quantitative estimate of drug-likeness (QED) is 0.693. The monoisotopic (exact) mass is 230 g/mol. The second-order valence-electron chi connectivity index (χ2n) is 4.77. The van der Waals surface area contributed by atoms with Gasteiger partial charge in [0.05, 0.1) is 0 Å². The van der Waals surface area contributed by atoms with Gasteiger partial charge < -0.3 is 15.8 Å². The molecule has 4 nitrogen and oxygen atoms in total. The lowest BCUT2D eigenvalue weighted by Crippen LogP contribution is -2.52. The highest BCUT2D eigenvalue weighted by Gasteiger charge is 2.38. The molecule has 0 fully saturated rings. The molecule has 1 atom stereocenters. The number of carbonyl (C=O) groups is 1.